The molecule has 0 unspecified atom stereocenters. The largest absolute Gasteiger partial charge is 0.420 e. The Morgan fingerprint density at radius 2 is 1.81 bits per heavy atom. The van der Waals surface area contributed by atoms with Gasteiger partial charge in [0.05, 0.1) is 0 Å². The first-order valence-electron chi connectivity index (χ1n) is 6.67. The number of carbonyl (C=O) groups is 1. The predicted molar refractivity (Wildman–Crippen MR) is 83.3 cm³/mol. The molecular weight excluding hydrogens is 266 g/mol. The Morgan fingerprint density at radius 1 is 1.14 bits per heavy atom. The van der Waals surface area contributed by atoms with E-state index in [0.29, 0.717) is 0 Å². The first-order valence-corrected chi connectivity index (χ1v) is 6.67. The Balaban J connectivity index is 2.30. The monoisotopic (exact) mass is 285 g/mol. The number of carbonyl (C=O) groups excluding carboxylic acids is 1. The predicted octanol–water partition coefficient (Wildman–Crippen LogP) is 3.47. The van der Waals surface area contributed by atoms with Crippen LogP contribution in [-0.4, -0.2) is 16.6 Å². The fraction of sp³-hybridized carbons (Fsp3) is 0.250. The number of ether oxygens (including phenoxy) is 1. The van der Waals surface area contributed by atoms with E-state index in [4.69, 9.17) is 10.5 Å². The summed E-state index contributed by atoms with van der Waals surface area (Å²) in [5, 5.41) is 0. The Hall–Kier alpha value is -2.56. The third kappa shape index (κ3) is 3.51. The second-order valence-electron chi connectivity index (χ2n) is 5.60. The molecule has 0 atom stereocenters. The molecule has 0 radical (unpaired) electrons. The second-order valence-corrected chi connectivity index (χ2v) is 5.60. The highest BCUT2D eigenvalue weighted by Crippen LogP contribution is 2.26. The summed E-state index contributed by atoms with van der Waals surface area (Å²) in [5.41, 5.74) is 6.04. The average molecular weight is 285 g/mol. The molecule has 21 heavy (non-hydrogen) atoms. The molecule has 110 valence electrons. The van der Waals surface area contributed by atoms with Crippen molar-refractivity contribution in [2.45, 2.75) is 26.3 Å². The molecule has 1 aromatic carbocycles. The minimum Gasteiger partial charge on any atom is -0.406 e. The number of nitrogens with zero attached hydrogens (tertiary/aromatic N) is 2. The SMILES string of the molecule is CC(C)(C)N(C(=O)Oc1cccnc1N)c1ccccc1. The quantitative estimate of drug-likeness (QED) is 0.917. The highest BCUT2D eigenvalue weighted by atomic mass is 16.6. The van der Waals surface area contributed by atoms with Crippen molar-refractivity contribution < 1.29 is 9.53 Å². The second kappa shape index (κ2) is 5.83. The molecule has 0 aliphatic carbocycles. The van der Waals surface area contributed by atoms with Crippen molar-refractivity contribution in [2.24, 2.45) is 0 Å². The number of nitrogens with two attached hydrogens (primary N) is 1. The maximum Gasteiger partial charge on any atom is 0.420 e. The van der Waals surface area contributed by atoms with Crippen LogP contribution in [0.5, 0.6) is 5.75 Å². The molecule has 0 aliphatic heterocycles. The van der Waals surface area contributed by atoms with Gasteiger partial charge in [0.2, 0.25) is 0 Å². The van der Waals surface area contributed by atoms with Gasteiger partial charge in [-0.1, -0.05) is 18.2 Å². The number of rotatable bonds is 2. The van der Waals surface area contributed by atoms with Gasteiger partial charge in [0, 0.05) is 17.4 Å². The van der Waals surface area contributed by atoms with Crippen LogP contribution in [-0.2, 0) is 0 Å². The van der Waals surface area contributed by atoms with Crippen LogP contribution >= 0.6 is 0 Å². The minimum absolute atomic E-state index is 0.188. The lowest BCUT2D eigenvalue weighted by atomic mass is 10.1. The van der Waals surface area contributed by atoms with Crippen LogP contribution in [0.1, 0.15) is 20.8 Å². The third-order valence-corrected chi connectivity index (χ3v) is 2.86. The fourth-order valence-corrected chi connectivity index (χ4v) is 1.97. The molecule has 2 N–H and O–H groups in total. The van der Waals surface area contributed by atoms with Crippen LogP contribution in [0, 0.1) is 0 Å². The molecule has 0 aliphatic rings. The van der Waals surface area contributed by atoms with Crippen LogP contribution in [0.3, 0.4) is 0 Å². The zero-order chi connectivity index (χ0) is 15.5. The molecule has 0 bridgehead atoms. The summed E-state index contributed by atoms with van der Waals surface area (Å²) >= 11 is 0. The zero-order valence-corrected chi connectivity index (χ0v) is 12.4. The molecule has 1 aromatic heterocycles. The van der Waals surface area contributed by atoms with E-state index in [9.17, 15) is 4.79 Å². The van der Waals surface area contributed by atoms with E-state index in [1.54, 1.807) is 23.2 Å². The van der Waals surface area contributed by atoms with Gasteiger partial charge < -0.3 is 10.5 Å². The summed E-state index contributed by atoms with van der Waals surface area (Å²) in [6.45, 7) is 5.82. The van der Waals surface area contributed by atoms with Crippen molar-refractivity contribution >= 4 is 17.6 Å². The van der Waals surface area contributed by atoms with Gasteiger partial charge in [0.15, 0.2) is 11.6 Å². The highest BCUT2D eigenvalue weighted by Gasteiger charge is 2.30. The lowest BCUT2D eigenvalue weighted by Crippen LogP contribution is -2.47. The minimum atomic E-state index is -0.492. The highest BCUT2D eigenvalue weighted by molar-refractivity contribution is 5.91. The number of pyridine rings is 1. The van der Waals surface area contributed by atoms with Gasteiger partial charge >= 0.3 is 6.09 Å². The molecule has 2 rings (SSSR count). The lowest BCUT2D eigenvalue weighted by molar-refractivity contribution is 0.201. The summed E-state index contributed by atoms with van der Waals surface area (Å²) in [6, 6.07) is 12.7. The molecule has 0 fully saturated rings. The van der Waals surface area contributed by atoms with Gasteiger partial charge in [-0.25, -0.2) is 9.78 Å². The van der Waals surface area contributed by atoms with E-state index in [2.05, 4.69) is 4.98 Å². The standard InChI is InChI=1S/C16H19N3O2/c1-16(2,3)19(12-8-5-4-6-9-12)15(20)21-13-10-7-11-18-14(13)17/h4-11H,1-3H3,(H2,17,18). The van der Waals surface area contributed by atoms with E-state index >= 15 is 0 Å². The van der Waals surface area contributed by atoms with Gasteiger partial charge in [-0.05, 0) is 45.0 Å². The Kier molecular flexibility index (Phi) is 4.12. The normalized spacial score (nSPS) is 11.0. The molecule has 0 saturated carbocycles. The van der Waals surface area contributed by atoms with Crippen molar-refractivity contribution in [2.75, 3.05) is 10.6 Å². The molecule has 0 spiro atoms. The molecule has 1 heterocycles. The van der Waals surface area contributed by atoms with Gasteiger partial charge in [-0.3, -0.25) is 4.90 Å². The van der Waals surface area contributed by atoms with Crippen LogP contribution in [0.15, 0.2) is 48.7 Å². The molecule has 5 nitrogen and oxygen atoms in total. The number of anilines is 2. The van der Waals surface area contributed by atoms with Crippen LogP contribution in [0.4, 0.5) is 16.3 Å². The molecule has 1 amide bonds. The van der Waals surface area contributed by atoms with E-state index < -0.39 is 11.6 Å². The maximum absolute atomic E-state index is 12.5. The van der Waals surface area contributed by atoms with E-state index in [-0.39, 0.29) is 11.6 Å². The topological polar surface area (TPSA) is 68.5 Å². The lowest BCUT2D eigenvalue weighted by Gasteiger charge is -2.34. The summed E-state index contributed by atoms with van der Waals surface area (Å²) in [5.74, 6) is 0.445. The fourth-order valence-electron chi connectivity index (χ4n) is 1.97. The summed E-state index contributed by atoms with van der Waals surface area (Å²) < 4.78 is 5.39. The smallest absolute Gasteiger partial charge is 0.406 e. The Bertz CT molecular complexity index is 621. The number of nitrogen functional groups attached to an aromatic ring is 1. The van der Waals surface area contributed by atoms with E-state index in [1.807, 2.05) is 51.1 Å². The number of hydrogen-bond donors (Lipinski definition) is 1. The summed E-state index contributed by atoms with van der Waals surface area (Å²) in [4.78, 5) is 18.0. The van der Waals surface area contributed by atoms with Crippen LogP contribution in [0.2, 0.25) is 0 Å². The van der Waals surface area contributed by atoms with Crippen LogP contribution < -0.4 is 15.4 Å². The maximum atomic E-state index is 12.5. The molecule has 2 aromatic rings. The average Bonchev–Trinajstić information content (AvgIpc) is 2.41. The van der Waals surface area contributed by atoms with Gasteiger partial charge in [0.1, 0.15) is 0 Å². The van der Waals surface area contributed by atoms with Crippen LogP contribution in [0.25, 0.3) is 0 Å². The van der Waals surface area contributed by atoms with E-state index in [0.717, 1.165) is 5.69 Å². The van der Waals surface area contributed by atoms with Crippen molar-refractivity contribution in [3.63, 3.8) is 0 Å². The van der Waals surface area contributed by atoms with Gasteiger partial charge in [-0.15, -0.1) is 0 Å². The Labute approximate surface area is 124 Å². The molecule has 0 saturated heterocycles. The number of benzene rings is 1. The van der Waals surface area contributed by atoms with Crippen molar-refractivity contribution in [1.29, 1.82) is 0 Å². The summed E-state index contributed by atoms with van der Waals surface area (Å²) in [6.07, 6.45) is 1.05. The Morgan fingerprint density at radius 3 is 2.38 bits per heavy atom. The third-order valence-electron chi connectivity index (χ3n) is 2.86. The number of amides is 1. The van der Waals surface area contributed by atoms with Gasteiger partial charge in [-0.2, -0.15) is 0 Å². The van der Waals surface area contributed by atoms with Crippen molar-refractivity contribution in [1.82, 2.24) is 4.98 Å². The zero-order valence-electron chi connectivity index (χ0n) is 12.4. The van der Waals surface area contributed by atoms with Crippen molar-refractivity contribution in [3.05, 3.63) is 48.7 Å². The first kappa shape index (κ1) is 14.8. The van der Waals surface area contributed by atoms with Crippen molar-refractivity contribution in [3.8, 4) is 5.75 Å². The number of hydrogen-bond acceptors (Lipinski definition) is 4. The summed E-state index contributed by atoms with van der Waals surface area (Å²) in [7, 11) is 0. The molecular formula is C16H19N3O2. The molecule has 5 heteroatoms. The van der Waals surface area contributed by atoms with Gasteiger partial charge in [0.25, 0.3) is 0 Å². The van der Waals surface area contributed by atoms with E-state index in [1.165, 1.54) is 0 Å². The number of para-hydroxylation sites is 1. The first-order chi connectivity index (χ1) is 9.89. The number of aromatic nitrogens is 1.